The molecule has 100 valence electrons. The average Bonchev–Trinajstić information content (AvgIpc) is 2.37. The summed E-state index contributed by atoms with van der Waals surface area (Å²) >= 11 is 3.57. The summed E-state index contributed by atoms with van der Waals surface area (Å²) in [6, 6.07) is 17.0. The summed E-state index contributed by atoms with van der Waals surface area (Å²) in [4.78, 5) is 0. The fourth-order valence-electron chi connectivity index (χ4n) is 1.93. The Labute approximate surface area is 124 Å². The summed E-state index contributed by atoms with van der Waals surface area (Å²) in [5.41, 5.74) is 3.99. The SMILES string of the molecule is CC(C)(C)c1ccc(NCc2ccccc2Br)cc1. The van der Waals surface area contributed by atoms with Gasteiger partial charge in [-0.2, -0.15) is 0 Å². The van der Waals surface area contributed by atoms with Crippen LogP contribution in [0.3, 0.4) is 0 Å². The molecule has 0 radical (unpaired) electrons. The number of halogens is 1. The molecule has 2 aromatic rings. The van der Waals surface area contributed by atoms with Crippen LogP contribution in [0.25, 0.3) is 0 Å². The molecule has 0 spiro atoms. The maximum atomic E-state index is 3.57. The molecular weight excluding hydrogens is 298 g/mol. The van der Waals surface area contributed by atoms with Crippen molar-refractivity contribution in [1.29, 1.82) is 0 Å². The quantitative estimate of drug-likeness (QED) is 0.803. The van der Waals surface area contributed by atoms with Gasteiger partial charge in [-0.05, 0) is 34.7 Å². The van der Waals surface area contributed by atoms with Crippen molar-refractivity contribution in [2.45, 2.75) is 32.7 Å². The normalized spacial score (nSPS) is 11.4. The van der Waals surface area contributed by atoms with Gasteiger partial charge in [-0.3, -0.25) is 0 Å². The third-order valence-electron chi connectivity index (χ3n) is 3.19. The Morgan fingerprint density at radius 3 is 2.16 bits per heavy atom. The molecule has 0 atom stereocenters. The van der Waals surface area contributed by atoms with Crippen LogP contribution in [-0.2, 0) is 12.0 Å². The molecule has 0 fully saturated rings. The van der Waals surface area contributed by atoms with Gasteiger partial charge in [0.2, 0.25) is 0 Å². The van der Waals surface area contributed by atoms with E-state index in [4.69, 9.17) is 0 Å². The second-order valence-electron chi connectivity index (χ2n) is 5.77. The molecule has 0 aliphatic heterocycles. The Morgan fingerprint density at radius 1 is 0.947 bits per heavy atom. The summed E-state index contributed by atoms with van der Waals surface area (Å²) < 4.78 is 1.15. The Morgan fingerprint density at radius 2 is 1.58 bits per heavy atom. The van der Waals surface area contributed by atoms with Crippen LogP contribution in [0.2, 0.25) is 0 Å². The highest BCUT2D eigenvalue weighted by atomic mass is 79.9. The molecule has 0 aliphatic rings. The second-order valence-corrected chi connectivity index (χ2v) is 6.63. The van der Waals surface area contributed by atoms with Crippen LogP contribution in [0.4, 0.5) is 5.69 Å². The van der Waals surface area contributed by atoms with Crippen molar-refractivity contribution in [1.82, 2.24) is 0 Å². The smallest absolute Gasteiger partial charge is 0.0411 e. The Kier molecular flexibility index (Phi) is 4.31. The van der Waals surface area contributed by atoms with Gasteiger partial charge in [0.05, 0.1) is 0 Å². The minimum absolute atomic E-state index is 0.209. The first-order valence-corrected chi connectivity index (χ1v) is 7.34. The van der Waals surface area contributed by atoms with Crippen molar-refractivity contribution >= 4 is 21.6 Å². The van der Waals surface area contributed by atoms with Gasteiger partial charge in [-0.25, -0.2) is 0 Å². The molecule has 19 heavy (non-hydrogen) atoms. The van der Waals surface area contributed by atoms with Crippen molar-refractivity contribution < 1.29 is 0 Å². The molecule has 0 saturated heterocycles. The van der Waals surface area contributed by atoms with Crippen molar-refractivity contribution in [3.05, 3.63) is 64.1 Å². The number of rotatable bonds is 3. The Bertz CT molecular complexity index is 538. The van der Waals surface area contributed by atoms with Gasteiger partial charge < -0.3 is 5.32 Å². The third kappa shape index (κ3) is 3.84. The molecule has 0 amide bonds. The predicted octanol–water partition coefficient (Wildman–Crippen LogP) is 5.36. The van der Waals surface area contributed by atoms with Crippen LogP contribution in [-0.4, -0.2) is 0 Å². The monoisotopic (exact) mass is 317 g/mol. The highest BCUT2D eigenvalue weighted by Crippen LogP contribution is 2.24. The standard InChI is InChI=1S/C17H20BrN/c1-17(2,3)14-8-10-15(11-9-14)19-12-13-6-4-5-7-16(13)18/h4-11,19H,12H2,1-3H3. The van der Waals surface area contributed by atoms with Crippen LogP contribution in [0, 0.1) is 0 Å². The van der Waals surface area contributed by atoms with Gasteiger partial charge in [0, 0.05) is 16.7 Å². The van der Waals surface area contributed by atoms with Crippen LogP contribution in [0.1, 0.15) is 31.9 Å². The fraction of sp³-hybridized carbons (Fsp3) is 0.294. The minimum Gasteiger partial charge on any atom is -0.381 e. The summed E-state index contributed by atoms with van der Waals surface area (Å²) in [6.07, 6.45) is 0. The van der Waals surface area contributed by atoms with E-state index in [1.54, 1.807) is 0 Å². The van der Waals surface area contributed by atoms with E-state index in [1.807, 2.05) is 6.07 Å². The number of hydrogen-bond acceptors (Lipinski definition) is 1. The lowest BCUT2D eigenvalue weighted by molar-refractivity contribution is 0.590. The van der Waals surface area contributed by atoms with Gasteiger partial charge >= 0.3 is 0 Å². The summed E-state index contributed by atoms with van der Waals surface area (Å²) in [7, 11) is 0. The highest BCUT2D eigenvalue weighted by Gasteiger charge is 2.12. The Hall–Kier alpha value is -1.28. The second kappa shape index (κ2) is 5.79. The first-order valence-electron chi connectivity index (χ1n) is 6.54. The molecule has 1 nitrogen and oxygen atoms in total. The van der Waals surface area contributed by atoms with E-state index in [2.05, 4.69) is 84.5 Å². The maximum Gasteiger partial charge on any atom is 0.0411 e. The molecule has 2 rings (SSSR count). The summed E-state index contributed by atoms with van der Waals surface area (Å²) in [5, 5.41) is 3.45. The first-order chi connectivity index (χ1) is 8.97. The molecule has 0 aliphatic carbocycles. The van der Waals surface area contributed by atoms with Gasteiger partial charge in [0.15, 0.2) is 0 Å². The molecule has 2 heteroatoms. The first kappa shape index (κ1) is 14.1. The topological polar surface area (TPSA) is 12.0 Å². The number of anilines is 1. The average molecular weight is 318 g/mol. The lowest BCUT2D eigenvalue weighted by Gasteiger charge is -2.19. The van der Waals surface area contributed by atoms with Crippen LogP contribution in [0.5, 0.6) is 0 Å². The zero-order valence-electron chi connectivity index (χ0n) is 11.7. The van der Waals surface area contributed by atoms with Crippen LogP contribution < -0.4 is 5.32 Å². The molecule has 2 aromatic carbocycles. The fourth-order valence-corrected chi connectivity index (χ4v) is 2.35. The minimum atomic E-state index is 0.209. The van der Waals surface area contributed by atoms with E-state index in [9.17, 15) is 0 Å². The summed E-state index contributed by atoms with van der Waals surface area (Å²) in [5.74, 6) is 0. The molecule has 0 saturated carbocycles. The van der Waals surface area contributed by atoms with Crippen molar-refractivity contribution in [2.24, 2.45) is 0 Å². The van der Waals surface area contributed by atoms with Gasteiger partial charge in [-0.1, -0.05) is 67.0 Å². The van der Waals surface area contributed by atoms with E-state index in [0.717, 1.165) is 16.7 Å². The summed E-state index contributed by atoms with van der Waals surface area (Å²) in [6.45, 7) is 7.53. The lowest BCUT2D eigenvalue weighted by Crippen LogP contribution is -2.10. The predicted molar refractivity (Wildman–Crippen MR) is 86.6 cm³/mol. The van der Waals surface area contributed by atoms with Gasteiger partial charge in [0.1, 0.15) is 0 Å². The zero-order valence-corrected chi connectivity index (χ0v) is 13.3. The molecule has 1 N–H and O–H groups in total. The van der Waals surface area contributed by atoms with Gasteiger partial charge in [0.25, 0.3) is 0 Å². The largest absolute Gasteiger partial charge is 0.381 e. The van der Waals surface area contributed by atoms with Crippen molar-refractivity contribution in [2.75, 3.05) is 5.32 Å². The number of nitrogens with one attached hydrogen (secondary N) is 1. The van der Waals surface area contributed by atoms with E-state index in [0.29, 0.717) is 0 Å². The number of hydrogen-bond donors (Lipinski definition) is 1. The van der Waals surface area contributed by atoms with E-state index in [1.165, 1.54) is 11.1 Å². The molecule has 0 heterocycles. The number of benzene rings is 2. The van der Waals surface area contributed by atoms with E-state index >= 15 is 0 Å². The maximum absolute atomic E-state index is 3.57. The van der Waals surface area contributed by atoms with Crippen molar-refractivity contribution in [3.8, 4) is 0 Å². The van der Waals surface area contributed by atoms with Crippen LogP contribution in [0.15, 0.2) is 53.0 Å². The molecular formula is C17H20BrN. The Balaban J connectivity index is 2.03. The molecule has 0 unspecified atom stereocenters. The molecule has 0 bridgehead atoms. The van der Waals surface area contributed by atoms with Gasteiger partial charge in [-0.15, -0.1) is 0 Å². The lowest BCUT2D eigenvalue weighted by atomic mass is 9.87. The van der Waals surface area contributed by atoms with E-state index in [-0.39, 0.29) is 5.41 Å². The van der Waals surface area contributed by atoms with Crippen molar-refractivity contribution in [3.63, 3.8) is 0 Å². The third-order valence-corrected chi connectivity index (χ3v) is 3.97. The molecule has 0 aromatic heterocycles. The van der Waals surface area contributed by atoms with E-state index < -0.39 is 0 Å². The van der Waals surface area contributed by atoms with Crippen LogP contribution >= 0.6 is 15.9 Å². The zero-order chi connectivity index (χ0) is 13.9. The highest BCUT2D eigenvalue weighted by molar-refractivity contribution is 9.10.